The monoisotopic (exact) mass is 241 g/mol. The zero-order chi connectivity index (χ0) is 11.8. The van der Waals surface area contributed by atoms with E-state index in [4.69, 9.17) is 16.3 Å². The van der Waals surface area contributed by atoms with Gasteiger partial charge in [0.1, 0.15) is 0 Å². The van der Waals surface area contributed by atoms with Gasteiger partial charge >= 0.3 is 0 Å². The summed E-state index contributed by atoms with van der Waals surface area (Å²) in [4.78, 5) is 2.19. The predicted octanol–water partition coefficient (Wildman–Crippen LogP) is 2.94. The summed E-state index contributed by atoms with van der Waals surface area (Å²) in [7, 11) is 2.07. The predicted molar refractivity (Wildman–Crippen MR) is 70.6 cm³/mol. The van der Waals surface area contributed by atoms with E-state index in [-0.39, 0.29) is 0 Å². The summed E-state index contributed by atoms with van der Waals surface area (Å²) in [5, 5.41) is 0. The molecule has 0 spiro atoms. The summed E-state index contributed by atoms with van der Waals surface area (Å²) in [5.41, 5.74) is 2.60. The Morgan fingerprint density at radius 2 is 1.88 bits per heavy atom. The van der Waals surface area contributed by atoms with Gasteiger partial charge in [-0.25, -0.2) is 0 Å². The van der Waals surface area contributed by atoms with Gasteiger partial charge in [0.25, 0.3) is 0 Å². The van der Waals surface area contributed by atoms with Crippen LogP contribution in [0.15, 0.2) is 24.3 Å². The molecule has 0 unspecified atom stereocenters. The van der Waals surface area contributed by atoms with E-state index >= 15 is 0 Å². The molecule has 16 heavy (non-hydrogen) atoms. The highest BCUT2D eigenvalue weighted by Gasteiger charge is 2.00. The number of likely N-dealkylation sites (N-methyl/N-ethyl adjacent to an activating group) is 1. The van der Waals surface area contributed by atoms with Crippen LogP contribution in [-0.4, -0.2) is 32.7 Å². The van der Waals surface area contributed by atoms with Crippen molar-refractivity contribution in [1.82, 2.24) is 0 Å². The second-order valence-corrected chi connectivity index (χ2v) is 4.12. The normalized spacial score (nSPS) is 10.4. The van der Waals surface area contributed by atoms with E-state index in [1.54, 1.807) is 0 Å². The largest absolute Gasteiger partial charge is 0.378 e. The minimum atomic E-state index is 0.564. The number of anilines is 1. The SMILES string of the molecule is CCc1ccc(N(C)CCOCCCl)cc1. The number of halogens is 1. The summed E-state index contributed by atoms with van der Waals surface area (Å²) in [6.07, 6.45) is 1.09. The summed E-state index contributed by atoms with van der Waals surface area (Å²) < 4.78 is 5.35. The van der Waals surface area contributed by atoms with Crippen LogP contribution in [0.1, 0.15) is 12.5 Å². The molecule has 0 atom stereocenters. The molecule has 0 fully saturated rings. The molecule has 0 aliphatic carbocycles. The maximum absolute atomic E-state index is 5.53. The highest BCUT2D eigenvalue weighted by atomic mass is 35.5. The molecule has 3 heteroatoms. The molecule has 0 amide bonds. The van der Waals surface area contributed by atoms with Crippen molar-refractivity contribution in [2.24, 2.45) is 0 Å². The number of aryl methyl sites for hydroxylation is 1. The average Bonchev–Trinajstić information content (AvgIpc) is 2.34. The van der Waals surface area contributed by atoms with Crippen molar-refractivity contribution >= 4 is 17.3 Å². The Labute approximate surface area is 103 Å². The first kappa shape index (κ1) is 13.3. The molecule has 0 aliphatic heterocycles. The summed E-state index contributed by atoms with van der Waals surface area (Å²) in [5.74, 6) is 0.564. The van der Waals surface area contributed by atoms with Gasteiger partial charge in [-0.3, -0.25) is 0 Å². The second kappa shape index (κ2) is 7.53. The number of hydrogen-bond acceptors (Lipinski definition) is 2. The van der Waals surface area contributed by atoms with Gasteiger partial charge in [-0.05, 0) is 24.1 Å². The van der Waals surface area contributed by atoms with Crippen molar-refractivity contribution in [3.05, 3.63) is 29.8 Å². The van der Waals surface area contributed by atoms with Gasteiger partial charge in [0, 0.05) is 25.2 Å². The Morgan fingerprint density at radius 3 is 2.44 bits per heavy atom. The van der Waals surface area contributed by atoms with Gasteiger partial charge < -0.3 is 9.64 Å². The number of nitrogens with zero attached hydrogens (tertiary/aromatic N) is 1. The van der Waals surface area contributed by atoms with Crippen LogP contribution in [0.2, 0.25) is 0 Å². The lowest BCUT2D eigenvalue weighted by molar-refractivity contribution is 0.156. The standard InChI is InChI=1S/C13H20ClNO/c1-3-12-4-6-13(7-5-12)15(2)9-11-16-10-8-14/h4-7H,3,8-11H2,1-2H3. The third kappa shape index (κ3) is 4.42. The molecule has 0 N–H and O–H groups in total. The van der Waals surface area contributed by atoms with E-state index in [2.05, 4.69) is 43.1 Å². The fourth-order valence-corrected chi connectivity index (χ4v) is 1.58. The van der Waals surface area contributed by atoms with E-state index < -0.39 is 0 Å². The molecule has 0 bridgehead atoms. The molecule has 0 aromatic heterocycles. The van der Waals surface area contributed by atoms with E-state index in [1.165, 1.54) is 11.3 Å². The van der Waals surface area contributed by atoms with E-state index in [9.17, 15) is 0 Å². The summed E-state index contributed by atoms with van der Waals surface area (Å²) in [6.45, 7) is 4.41. The van der Waals surface area contributed by atoms with Gasteiger partial charge in [-0.2, -0.15) is 0 Å². The molecule has 1 aromatic rings. The number of rotatable bonds is 7. The first-order valence-corrected chi connectivity index (χ1v) is 6.25. The third-order valence-corrected chi connectivity index (χ3v) is 2.73. The van der Waals surface area contributed by atoms with Crippen LogP contribution >= 0.6 is 11.6 Å². The third-order valence-electron chi connectivity index (χ3n) is 2.58. The lowest BCUT2D eigenvalue weighted by atomic mass is 10.1. The lowest BCUT2D eigenvalue weighted by Gasteiger charge is -2.19. The molecule has 0 saturated carbocycles. The van der Waals surface area contributed by atoms with Crippen molar-refractivity contribution in [1.29, 1.82) is 0 Å². The summed E-state index contributed by atoms with van der Waals surface area (Å²) >= 11 is 5.53. The van der Waals surface area contributed by atoms with Crippen LogP contribution in [0, 0.1) is 0 Å². The highest BCUT2D eigenvalue weighted by Crippen LogP contribution is 2.13. The lowest BCUT2D eigenvalue weighted by Crippen LogP contribution is -2.22. The fourth-order valence-electron chi connectivity index (χ4n) is 1.47. The first-order chi connectivity index (χ1) is 7.77. The molecular formula is C13H20ClNO. The highest BCUT2D eigenvalue weighted by molar-refractivity contribution is 6.17. The van der Waals surface area contributed by atoms with Crippen molar-refractivity contribution in [2.45, 2.75) is 13.3 Å². The van der Waals surface area contributed by atoms with E-state index in [0.717, 1.165) is 19.6 Å². The van der Waals surface area contributed by atoms with E-state index in [0.29, 0.717) is 12.5 Å². The van der Waals surface area contributed by atoms with Gasteiger partial charge in [0.05, 0.1) is 13.2 Å². The molecule has 0 saturated heterocycles. The molecule has 0 aliphatic rings. The topological polar surface area (TPSA) is 12.5 Å². The van der Waals surface area contributed by atoms with Gasteiger partial charge in [0.15, 0.2) is 0 Å². The number of ether oxygens (including phenoxy) is 1. The Kier molecular flexibility index (Phi) is 6.27. The fraction of sp³-hybridized carbons (Fsp3) is 0.538. The minimum absolute atomic E-state index is 0.564. The molecule has 90 valence electrons. The molecule has 1 aromatic carbocycles. The van der Waals surface area contributed by atoms with Crippen LogP contribution in [-0.2, 0) is 11.2 Å². The van der Waals surface area contributed by atoms with Crippen LogP contribution < -0.4 is 4.90 Å². The van der Waals surface area contributed by atoms with Crippen LogP contribution in [0.25, 0.3) is 0 Å². The van der Waals surface area contributed by atoms with Crippen molar-refractivity contribution in [3.63, 3.8) is 0 Å². The molecule has 0 radical (unpaired) electrons. The molecule has 1 rings (SSSR count). The quantitative estimate of drug-likeness (QED) is 0.538. The van der Waals surface area contributed by atoms with Crippen LogP contribution in [0.4, 0.5) is 5.69 Å². The Bertz CT molecular complexity index is 286. The van der Waals surface area contributed by atoms with Crippen LogP contribution in [0.5, 0.6) is 0 Å². The number of benzene rings is 1. The summed E-state index contributed by atoms with van der Waals surface area (Å²) in [6, 6.07) is 8.65. The van der Waals surface area contributed by atoms with Crippen molar-refractivity contribution in [3.8, 4) is 0 Å². The first-order valence-electron chi connectivity index (χ1n) is 5.71. The number of alkyl halides is 1. The second-order valence-electron chi connectivity index (χ2n) is 3.74. The van der Waals surface area contributed by atoms with Gasteiger partial charge in [-0.1, -0.05) is 19.1 Å². The maximum Gasteiger partial charge on any atom is 0.0642 e. The Balaban J connectivity index is 2.37. The zero-order valence-electron chi connectivity index (χ0n) is 10.1. The Hall–Kier alpha value is -0.730. The number of hydrogen-bond donors (Lipinski definition) is 0. The van der Waals surface area contributed by atoms with Gasteiger partial charge in [0.2, 0.25) is 0 Å². The minimum Gasteiger partial charge on any atom is -0.378 e. The van der Waals surface area contributed by atoms with Crippen LogP contribution in [0.3, 0.4) is 0 Å². The molecule has 2 nitrogen and oxygen atoms in total. The molecule has 0 heterocycles. The van der Waals surface area contributed by atoms with Crippen molar-refractivity contribution < 1.29 is 4.74 Å². The van der Waals surface area contributed by atoms with E-state index in [1.807, 2.05) is 0 Å². The van der Waals surface area contributed by atoms with Gasteiger partial charge in [-0.15, -0.1) is 11.6 Å². The zero-order valence-corrected chi connectivity index (χ0v) is 10.8. The van der Waals surface area contributed by atoms with Crippen molar-refractivity contribution in [2.75, 3.05) is 37.6 Å². The maximum atomic E-state index is 5.53. The smallest absolute Gasteiger partial charge is 0.0642 e. The Morgan fingerprint density at radius 1 is 1.19 bits per heavy atom. The average molecular weight is 242 g/mol. The molecular weight excluding hydrogens is 222 g/mol.